The van der Waals surface area contributed by atoms with Crippen LogP contribution in [0.3, 0.4) is 0 Å². The molecule has 2 nitrogen and oxygen atoms in total. The van der Waals surface area contributed by atoms with Crippen LogP contribution in [-0.2, 0) is 19.4 Å². The summed E-state index contributed by atoms with van der Waals surface area (Å²) in [5, 5.41) is 7.30. The standard InChI is InChI=1S/C20H26N2/c1-2-13-21-18-11-12-19-17(14-18)9-6-10-20(19)22-15-16-7-4-3-5-8-16/h3-10,18,21-22H,2,11-15H2,1H3. The lowest BCUT2D eigenvalue weighted by atomic mass is 9.87. The van der Waals surface area contributed by atoms with E-state index in [0.29, 0.717) is 6.04 Å². The Hall–Kier alpha value is -1.80. The zero-order valence-corrected chi connectivity index (χ0v) is 13.4. The van der Waals surface area contributed by atoms with E-state index in [2.05, 4.69) is 66.1 Å². The zero-order chi connectivity index (χ0) is 15.2. The molecule has 0 bridgehead atoms. The van der Waals surface area contributed by atoms with E-state index in [4.69, 9.17) is 0 Å². The van der Waals surface area contributed by atoms with Crippen LogP contribution in [0.25, 0.3) is 0 Å². The summed E-state index contributed by atoms with van der Waals surface area (Å²) in [6.45, 7) is 4.26. The van der Waals surface area contributed by atoms with E-state index in [9.17, 15) is 0 Å². The molecule has 2 aromatic carbocycles. The third kappa shape index (κ3) is 3.69. The Kier molecular flexibility index (Phi) is 5.12. The lowest BCUT2D eigenvalue weighted by Gasteiger charge is -2.27. The van der Waals surface area contributed by atoms with Gasteiger partial charge in [0.15, 0.2) is 0 Å². The first kappa shape index (κ1) is 15.1. The summed E-state index contributed by atoms with van der Waals surface area (Å²) in [6.07, 6.45) is 4.80. The number of benzene rings is 2. The van der Waals surface area contributed by atoms with Gasteiger partial charge in [-0.2, -0.15) is 0 Å². The van der Waals surface area contributed by atoms with E-state index < -0.39 is 0 Å². The van der Waals surface area contributed by atoms with Crippen LogP contribution in [0.4, 0.5) is 5.69 Å². The molecule has 2 aromatic rings. The second kappa shape index (κ2) is 7.46. The Morgan fingerprint density at radius 1 is 1.05 bits per heavy atom. The normalized spacial score (nSPS) is 17.0. The number of anilines is 1. The third-order valence-corrected chi connectivity index (χ3v) is 4.49. The SMILES string of the molecule is CCCNC1CCc2c(cccc2NCc2ccccc2)C1. The van der Waals surface area contributed by atoms with Crippen LogP contribution in [0.2, 0.25) is 0 Å². The maximum atomic E-state index is 3.67. The van der Waals surface area contributed by atoms with E-state index >= 15 is 0 Å². The Morgan fingerprint density at radius 2 is 1.91 bits per heavy atom. The maximum absolute atomic E-state index is 3.67. The summed E-state index contributed by atoms with van der Waals surface area (Å²) < 4.78 is 0. The predicted molar refractivity (Wildman–Crippen MR) is 94.3 cm³/mol. The van der Waals surface area contributed by atoms with E-state index in [1.807, 2.05) is 0 Å². The highest BCUT2D eigenvalue weighted by Crippen LogP contribution is 2.28. The number of fused-ring (bicyclic) bond motifs is 1. The molecule has 0 spiro atoms. The lowest BCUT2D eigenvalue weighted by molar-refractivity contribution is 0.459. The highest BCUT2D eigenvalue weighted by molar-refractivity contribution is 5.56. The first-order valence-electron chi connectivity index (χ1n) is 8.48. The van der Waals surface area contributed by atoms with Crippen LogP contribution < -0.4 is 10.6 Å². The Bertz CT molecular complexity index is 592. The Labute approximate surface area is 134 Å². The minimum Gasteiger partial charge on any atom is -0.381 e. The van der Waals surface area contributed by atoms with Crippen LogP contribution in [0, 0.1) is 0 Å². The molecule has 1 aliphatic carbocycles. The molecular weight excluding hydrogens is 268 g/mol. The fourth-order valence-electron chi connectivity index (χ4n) is 3.29. The van der Waals surface area contributed by atoms with Gasteiger partial charge in [0.2, 0.25) is 0 Å². The van der Waals surface area contributed by atoms with Gasteiger partial charge >= 0.3 is 0 Å². The van der Waals surface area contributed by atoms with Gasteiger partial charge in [0.25, 0.3) is 0 Å². The second-order valence-corrected chi connectivity index (χ2v) is 6.18. The van der Waals surface area contributed by atoms with Gasteiger partial charge in [0.1, 0.15) is 0 Å². The van der Waals surface area contributed by atoms with Gasteiger partial charge in [-0.3, -0.25) is 0 Å². The maximum Gasteiger partial charge on any atom is 0.0400 e. The van der Waals surface area contributed by atoms with Gasteiger partial charge < -0.3 is 10.6 Å². The number of hydrogen-bond donors (Lipinski definition) is 2. The first-order valence-corrected chi connectivity index (χ1v) is 8.48. The summed E-state index contributed by atoms with van der Waals surface area (Å²) in [6, 6.07) is 18.0. The fourth-order valence-corrected chi connectivity index (χ4v) is 3.29. The van der Waals surface area contributed by atoms with E-state index in [1.165, 1.54) is 41.6 Å². The van der Waals surface area contributed by atoms with Gasteiger partial charge in [-0.1, -0.05) is 49.4 Å². The molecule has 1 unspecified atom stereocenters. The molecule has 0 aromatic heterocycles. The van der Waals surface area contributed by atoms with Crippen molar-refractivity contribution in [2.45, 2.75) is 45.2 Å². The Morgan fingerprint density at radius 3 is 2.73 bits per heavy atom. The van der Waals surface area contributed by atoms with Crippen molar-refractivity contribution in [2.24, 2.45) is 0 Å². The largest absolute Gasteiger partial charge is 0.381 e. The molecule has 0 amide bonds. The summed E-state index contributed by atoms with van der Waals surface area (Å²) in [4.78, 5) is 0. The second-order valence-electron chi connectivity index (χ2n) is 6.18. The molecule has 1 atom stereocenters. The van der Waals surface area contributed by atoms with E-state index in [0.717, 1.165) is 19.5 Å². The molecule has 0 aliphatic heterocycles. The molecule has 2 heteroatoms. The van der Waals surface area contributed by atoms with Crippen molar-refractivity contribution in [1.29, 1.82) is 0 Å². The van der Waals surface area contributed by atoms with Crippen LogP contribution in [-0.4, -0.2) is 12.6 Å². The molecule has 1 aliphatic rings. The van der Waals surface area contributed by atoms with Gasteiger partial charge in [0.05, 0.1) is 0 Å². The minimum absolute atomic E-state index is 0.650. The van der Waals surface area contributed by atoms with E-state index in [1.54, 1.807) is 0 Å². The van der Waals surface area contributed by atoms with Gasteiger partial charge in [-0.05, 0) is 55.0 Å². The average Bonchev–Trinajstić information content (AvgIpc) is 2.58. The van der Waals surface area contributed by atoms with Crippen molar-refractivity contribution < 1.29 is 0 Å². The Balaban J connectivity index is 1.67. The third-order valence-electron chi connectivity index (χ3n) is 4.49. The van der Waals surface area contributed by atoms with Crippen molar-refractivity contribution in [3.8, 4) is 0 Å². The predicted octanol–water partition coefficient (Wildman–Crippen LogP) is 4.16. The molecule has 0 radical (unpaired) electrons. The topological polar surface area (TPSA) is 24.1 Å². The highest BCUT2D eigenvalue weighted by Gasteiger charge is 2.19. The molecule has 0 saturated carbocycles. The summed E-state index contributed by atoms with van der Waals surface area (Å²) in [7, 11) is 0. The first-order chi connectivity index (χ1) is 10.9. The molecule has 22 heavy (non-hydrogen) atoms. The molecule has 116 valence electrons. The van der Waals surface area contributed by atoms with Crippen LogP contribution >= 0.6 is 0 Å². The summed E-state index contributed by atoms with van der Waals surface area (Å²) in [5.41, 5.74) is 5.68. The molecular formula is C20H26N2. The van der Waals surface area contributed by atoms with Gasteiger partial charge in [-0.25, -0.2) is 0 Å². The molecule has 0 fully saturated rings. The lowest BCUT2D eigenvalue weighted by Crippen LogP contribution is -2.35. The van der Waals surface area contributed by atoms with Crippen molar-refractivity contribution in [2.75, 3.05) is 11.9 Å². The number of rotatable bonds is 6. The average molecular weight is 294 g/mol. The van der Waals surface area contributed by atoms with Gasteiger partial charge in [-0.15, -0.1) is 0 Å². The van der Waals surface area contributed by atoms with Crippen molar-refractivity contribution in [1.82, 2.24) is 5.32 Å². The molecule has 0 saturated heterocycles. The number of nitrogens with one attached hydrogen (secondary N) is 2. The number of hydrogen-bond acceptors (Lipinski definition) is 2. The quantitative estimate of drug-likeness (QED) is 0.836. The fraction of sp³-hybridized carbons (Fsp3) is 0.400. The summed E-state index contributed by atoms with van der Waals surface area (Å²) >= 11 is 0. The molecule has 3 rings (SSSR count). The molecule has 2 N–H and O–H groups in total. The minimum atomic E-state index is 0.650. The van der Waals surface area contributed by atoms with Crippen molar-refractivity contribution in [3.05, 3.63) is 65.2 Å². The van der Waals surface area contributed by atoms with E-state index in [-0.39, 0.29) is 0 Å². The van der Waals surface area contributed by atoms with Gasteiger partial charge in [0, 0.05) is 18.3 Å². The zero-order valence-electron chi connectivity index (χ0n) is 13.4. The monoisotopic (exact) mass is 294 g/mol. The van der Waals surface area contributed by atoms with Crippen molar-refractivity contribution >= 4 is 5.69 Å². The smallest absolute Gasteiger partial charge is 0.0400 e. The van der Waals surface area contributed by atoms with Crippen molar-refractivity contribution in [3.63, 3.8) is 0 Å². The highest BCUT2D eigenvalue weighted by atomic mass is 14.9. The van der Waals surface area contributed by atoms with Crippen LogP contribution in [0.15, 0.2) is 48.5 Å². The molecule has 0 heterocycles. The van der Waals surface area contributed by atoms with Crippen LogP contribution in [0.5, 0.6) is 0 Å². The summed E-state index contributed by atoms with van der Waals surface area (Å²) in [5.74, 6) is 0. The van der Waals surface area contributed by atoms with Crippen LogP contribution in [0.1, 0.15) is 36.5 Å².